The van der Waals surface area contributed by atoms with Crippen LogP contribution in [0.4, 0.5) is 0 Å². The van der Waals surface area contributed by atoms with Crippen LogP contribution in [0.1, 0.15) is 19.8 Å². The van der Waals surface area contributed by atoms with Gasteiger partial charge in [0, 0.05) is 11.3 Å². The molecule has 3 aliphatic heterocycles. The number of hydrogen-bond acceptors (Lipinski definition) is 2. The first-order valence-electron chi connectivity index (χ1n) is 4.21. The number of fused-ring (bicyclic) bond motifs is 3. The van der Waals surface area contributed by atoms with Crippen LogP contribution in [0.3, 0.4) is 0 Å². The quantitative estimate of drug-likeness (QED) is 0.520. The van der Waals surface area contributed by atoms with Crippen LogP contribution < -0.4 is 0 Å². The monoisotopic (exact) mass is 157 g/mol. The molecule has 2 unspecified atom stereocenters. The molecule has 0 aromatic rings. The smallest absolute Gasteiger partial charge is 0.0199 e. The summed E-state index contributed by atoms with van der Waals surface area (Å²) in [5.41, 5.74) is 0. The molecule has 0 N–H and O–H groups in total. The van der Waals surface area contributed by atoms with Crippen molar-refractivity contribution in [3.05, 3.63) is 0 Å². The van der Waals surface area contributed by atoms with Gasteiger partial charge in [0.2, 0.25) is 0 Å². The first-order chi connectivity index (χ1) is 4.79. The average Bonchev–Trinajstić information content (AvgIpc) is 2.00. The lowest BCUT2D eigenvalue weighted by atomic mass is 9.83. The molecule has 3 rings (SSSR count). The number of piperidine rings is 3. The lowest BCUT2D eigenvalue weighted by Crippen LogP contribution is -2.54. The normalized spacial score (nSPS) is 53.4. The van der Waals surface area contributed by atoms with Crippen LogP contribution >= 0.6 is 12.6 Å². The summed E-state index contributed by atoms with van der Waals surface area (Å²) in [7, 11) is 0. The molecule has 2 heteroatoms. The van der Waals surface area contributed by atoms with Gasteiger partial charge in [0.05, 0.1) is 0 Å². The summed E-state index contributed by atoms with van der Waals surface area (Å²) in [5.74, 6) is 0.920. The third kappa shape index (κ3) is 0.892. The van der Waals surface area contributed by atoms with Gasteiger partial charge >= 0.3 is 0 Å². The molecule has 2 bridgehead atoms. The van der Waals surface area contributed by atoms with Gasteiger partial charge in [-0.25, -0.2) is 0 Å². The molecule has 2 atom stereocenters. The minimum Gasteiger partial charge on any atom is -0.300 e. The molecule has 0 aliphatic carbocycles. The predicted octanol–water partition coefficient (Wildman–Crippen LogP) is 1.40. The Morgan fingerprint density at radius 2 is 1.90 bits per heavy atom. The highest BCUT2D eigenvalue weighted by molar-refractivity contribution is 7.81. The van der Waals surface area contributed by atoms with Crippen LogP contribution in [0.15, 0.2) is 0 Å². The Morgan fingerprint density at radius 3 is 2.20 bits per heavy atom. The van der Waals surface area contributed by atoms with Crippen LogP contribution in [0, 0.1) is 5.92 Å². The molecule has 58 valence electrons. The van der Waals surface area contributed by atoms with Crippen molar-refractivity contribution < 1.29 is 0 Å². The zero-order chi connectivity index (χ0) is 7.14. The molecule has 3 aliphatic rings. The first kappa shape index (κ1) is 6.99. The van der Waals surface area contributed by atoms with Crippen LogP contribution in [-0.4, -0.2) is 29.3 Å². The highest BCUT2D eigenvalue weighted by atomic mass is 32.1. The summed E-state index contributed by atoms with van der Waals surface area (Å²) in [6.07, 6.45) is 2.77. The number of nitrogens with zero attached hydrogens (tertiary/aromatic N) is 1. The summed E-state index contributed by atoms with van der Waals surface area (Å²) in [4.78, 5) is 2.57. The lowest BCUT2D eigenvalue weighted by molar-refractivity contribution is 0.0673. The van der Waals surface area contributed by atoms with Crippen molar-refractivity contribution in [1.82, 2.24) is 4.90 Å². The van der Waals surface area contributed by atoms with E-state index < -0.39 is 0 Å². The standard InChI is InChI=1S/C8H15NS/c1-6-8(10)7-2-4-9(6)5-3-7/h6-8,10H,2-5H2,1H3. The summed E-state index contributed by atoms with van der Waals surface area (Å²) >= 11 is 4.62. The van der Waals surface area contributed by atoms with Gasteiger partial charge in [-0.05, 0) is 38.8 Å². The predicted molar refractivity (Wildman–Crippen MR) is 46.5 cm³/mol. The van der Waals surface area contributed by atoms with Crippen molar-refractivity contribution in [2.24, 2.45) is 5.92 Å². The van der Waals surface area contributed by atoms with Crippen molar-refractivity contribution in [1.29, 1.82) is 0 Å². The first-order valence-corrected chi connectivity index (χ1v) is 4.73. The average molecular weight is 157 g/mol. The molecule has 1 nitrogen and oxygen atoms in total. The Hall–Kier alpha value is 0.310. The van der Waals surface area contributed by atoms with E-state index in [2.05, 4.69) is 24.5 Å². The molecular formula is C8H15NS. The minimum atomic E-state index is 0.655. The van der Waals surface area contributed by atoms with Gasteiger partial charge in [-0.3, -0.25) is 4.90 Å². The molecule has 0 aromatic carbocycles. The summed E-state index contributed by atoms with van der Waals surface area (Å²) < 4.78 is 0. The Kier molecular flexibility index (Phi) is 1.69. The molecular weight excluding hydrogens is 142 g/mol. The van der Waals surface area contributed by atoms with Gasteiger partial charge in [0.15, 0.2) is 0 Å². The fraction of sp³-hybridized carbons (Fsp3) is 1.00. The molecule has 3 heterocycles. The van der Waals surface area contributed by atoms with E-state index in [4.69, 9.17) is 0 Å². The maximum absolute atomic E-state index is 4.62. The van der Waals surface area contributed by atoms with Gasteiger partial charge in [0.1, 0.15) is 0 Å². The maximum atomic E-state index is 4.62. The number of thiol groups is 1. The second kappa shape index (κ2) is 2.42. The molecule has 3 fully saturated rings. The number of hydrogen-bond donors (Lipinski definition) is 1. The van der Waals surface area contributed by atoms with E-state index in [9.17, 15) is 0 Å². The Balaban J connectivity index is 2.13. The van der Waals surface area contributed by atoms with Crippen molar-refractivity contribution in [3.63, 3.8) is 0 Å². The Morgan fingerprint density at radius 1 is 1.30 bits per heavy atom. The van der Waals surface area contributed by atoms with Crippen molar-refractivity contribution in [2.45, 2.75) is 31.1 Å². The zero-order valence-electron chi connectivity index (χ0n) is 6.45. The summed E-state index contributed by atoms with van der Waals surface area (Å²) in [6.45, 7) is 4.95. The van der Waals surface area contributed by atoms with E-state index in [-0.39, 0.29) is 0 Å². The third-order valence-electron chi connectivity index (χ3n) is 3.13. The van der Waals surface area contributed by atoms with Gasteiger partial charge in [-0.1, -0.05) is 0 Å². The number of rotatable bonds is 0. The minimum absolute atomic E-state index is 0.655. The van der Waals surface area contributed by atoms with Crippen LogP contribution in [0.5, 0.6) is 0 Å². The molecule has 0 saturated carbocycles. The van der Waals surface area contributed by atoms with E-state index in [0.717, 1.165) is 12.0 Å². The fourth-order valence-electron chi connectivity index (χ4n) is 2.28. The van der Waals surface area contributed by atoms with Crippen molar-refractivity contribution >= 4 is 12.6 Å². The molecule has 10 heavy (non-hydrogen) atoms. The summed E-state index contributed by atoms with van der Waals surface area (Å²) in [5, 5.41) is 0.655. The van der Waals surface area contributed by atoms with Crippen LogP contribution in [-0.2, 0) is 0 Å². The van der Waals surface area contributed by atoms with Crippen molar-refractivity contribution in [2.75, 3.05) is 13.1 Å². The third-order valence-corrected chi connectivity index (χ3v) is 3.98. The maximum Gasteiger partial charge on any atom is 0.0199 e. The molecule has 0 amide bonds. The lowest BCUT2D eigenvalue weighted by Gasteiger charge is -2.48. The fourth-order valence-corrected chi connectivity index (χ4v) is 2.76. The van der Waals surface area contributed by atoms with E-state index in [0.29, 0.717) is 5.25 Å². The molecule has 0 spiro atoms. The Bertz CT molecular complexity index is 109. The van der Waals surface area contributed by atoms with E-state index in [1.807, 2.05) is 0 Å². The highest BCUT2D eigenvalue weighted by Crippen LogP contribution is 2.34. The molecule has 3 saturated heterocycles. The Labute approximate surface area is 68.2 Å². The van der Waals surface area contributed by atoms with E-state index >= 15 is 0 Å². The second-order valence-corrected chi connectivity index (χ2v) is 4.20. The van der Waals surface area contributed by atoms with Gasteiger partial charge in [-0.2, -0.15) is 12.6 Å². The molecule has 0 aromatic heterocycles. The van der Waals surface area contributed by atoms with E-state index in [1.54, 1.807) is 0 Å². The highest BCUT2D eigenvalue weighted by Gasteiger charge is 2.37. The largest absolute Gasteiger partial charge is 0.300 e. The van der Waals surface area contributed by atoms with Gasteiger partial charge in [0.25, 0.3) is 0 Å². The zero-order valence-corrected chi connectivity index (χ0v) is 7.35. The summed E-state index contributed by atoms with van der Waals surface area (Å²) in [6, 6.07) is 0.732. The topological polar surface area (TPSA) is 3.24 Å². The van der Waals surface area contributed by atoms with Gasteiger partial charge < -0.3 is 0 Å². The van der Waals surface area contributed by atoms with Crippen LogP contribution in [0.25, 0.3) is 0 Å². The van der Waals surface area contributed by atoms with Crippen molar-refractivity contribution in [3.8, 4) is 0 Å². The van der Waals surface area contributed by atoms with Gasteiger partial charge in [-0.15, -0.1) is 0 Å². The SMILES string of the molecule is CC1C(S)C2CCN1CC2. The molecule has 0 radical (unpaired) electrons. The van der Waals surface area contributed by atoms with Crippen LogP contribution in [0.2, 0.25) is 0 Å². The second-order valence-electron chi connectivity index (χ2n) is 3.60. The van der Waals surface area contributed by atoms with E-state index in [1.165, 1.54) is 25.9 Å².